The molecule has 0 aliphatic carbocycles. The standard InChI is InChI=1S/C21H23FN2O4S/c1-15(25)16-10-12-17(13-11-16)29(27,28)24-14-6-5-9-20(24)21(26)23(2)19-8-4-3-7-18(19)22/h3-4,7-8,10-13,20H,5-6,9,14H2,1-2H3. The lowest BCUT2D eigenvalue weighted by atomic mass is 10.0. The molecule has 0 N–H and O–H groups in total. The molecule has 0 saturated carbocycles. The lowest BCUT2D eigenvalue weighted by Gasteiger charge is -2.35. The van der Waals surface area contributed by atoms with E-state index in [9.17, 15) is 22.4 Å². The minimum absolute atomic E-state index is 0.0238. The summed E-state index contributed by atoms with van der Waals surface area (Å²) in [5.74, 6) is -1.18. The van der Waals surface area contributed by atoms with Crippen molar-refractivity contribution in [3.8, 4) is 0 Å². The van der Waals surface area contributed by atoms with Crippen LogP contribution < -0.4 is 4.90 Å². The van der Waals surface area contributed by atoms with E-state index in [1.54, 1.807) is 6.07 Å². The van der Waals surface area contributed by atoms with Gasteiger partial charge in [-0.25, -0.2) is 12.8 Å². The predicted molar refractivity (Wildman–Crippen MR) is 108 cm³/mol. The van der Waals surface area contributed by atoms with Crippen molar-refractivity contribution in [3.63, 3.8) is 0 Å². The molecule has 2 aromatic carbocycles. The Morgan fingerprint density at radius 2 is 1.72 bits per heavy atom. The van der Waals surface area contributed by atoms with E-state index in [1.807, 2.05) is 0 Å². The van der Waals surface area contributed by atoms with Crippen molar-refractivity contribution >= 4 is 27.4 Å². The fourth-order valence-electron chi connectivity index (χ4n) is 3.50. The van der Waals surface area contributed by atoms with Gasteiger partial charge >= 0.3 is 0 Å². The molecule has 154 valence electrons. The van der Waals surface area contributed by atoms with E-state index in [-0.39, 0.29) is 22.9 Å². The van der Waals surface area contributed by atoms with Crippen LogP contribution in [0.1, 0.15) is 36.5 Å². The predicted octanol–water partition coefficient (Wildman–Crippen LogP) is 3.23. The van der Waals surface area contributed by atoms with Crippen LogP contribution in [0.15, 0.2) is 53.4 Å². The summed E-state index contributed by atoms with van der Waals surface area (Å²) < 4.78 is 41.7. The number of nitrogens with zero attached hydrogens (tertiary/aromatic N) is 2. The Morgan fingerprint density at radius 3 is 2.34 bits per heavy atom. The van der Waals surface area contributed by atoms with Gasteiger partial charge in [-0.05, 0) is 44.0 Å². The number of hydrogen-bond acceptors (Lipinski definition) is 4. The number of ketones is 1. The highest BCUT2D eigenvalue weighted by Gasteiger charge is 2.39. The summed E-state index contributed by atoms with van der Waals surface area (Å²) in [5, 5.41) is 0. The Bertz CT molecular complexity index is 1020. The number of likely N-dealkylation sites (N-methyl/N-ethyl adjacent to an activating group) is 1. The Morgan fingerprint density at radius 1 is 1.07 bits per heavy atom. The number of Topliss-reactive ketones (excluding diaryl/α,β-unsaturated/α-hetero) is 1. The van der Waals surface area contributed by atoms with Crippen LogP contribution in [0.2, 0.25) is 0 Å². The largest absolute Gasteiger partial charge is 0.311 e. The van der Waals surface area contributed by atoms with E-state index >= 15 is 0 Å². The number of carbonyl (C=O) groups excluding carboxylic acids is 2. The summed E-state index contributed by atoms with van der Waals surface area (Å²) in [6.45, 7) is 1.61. The van der Waals surface area contributed by atoms with Crippen molar-refractivity contribution in [2.45, 2.75) is 37.1 Å². The maximum Gasteiger partial charge on any atom is 0.245 e. The minimum Gasteiger partial charge on any atom is -0.311 e. The summed E-state index contributed by atoms with van der Waals surface area (Å²) in [6.07, 6.45) is 1.71. The van der Waals surface area contributed by atoms with Gasteiger partial charge in [-0.3, -0.25) is 9.59 Å². The Kier molecular flexibility index (Phi) is 6.14. The van der Waals surface area contributed by atoms with Crippen molar-refractivity contribution in [3.05, 3.63) is 59.9 Å². The molecule has 1 saturated heterocycles. The van der Waals surface area contributed by atoms with Gasteiger partial charge in [-0.1, -0.05) is 30.7 Å². The first-order chi connectivity index (χ1) is 13.7. The highest BCUT2D eigenvalue weighted by atomic mass is 32.2. The number of anilines is 1. The third kappa shape index (κ3) is 4.23. The molecule has 8 heteroatoms. The van der Waals surface area contributed by atoms with Gasteiger partial charge in [0.25, 0.3) is 0 Å². The van der Waals surface area contributed by atoms with Gasteiger partial charge in [0.05, 0.1) is 10.6 Å². The lowest BCUT2D eigenvalue weighted by Crippen LogP contribution is -2.52. The van der Waals surface area contributed by atoms with Crippen LogP contribution in [0.4, 0.5) is 10.1 Å². The fraction of sp³-hybridized carbons (Fsp3) is 0.333. The molecule has 2 aromatic rings. The van der Waals surface area contributed by atoms with Crippen molar-refractivity contribution < 1.29 is 22.4 Å². The summed E-state index contributed by atoms with van der Waals surface area (Å²) in [4.78, 5) is 25.7. The first-order valence-corrected chi connectivity index (χ1v) is 10.8. The monoisotopic (exact) mass is 418 g/mol. The topological polar surface area (TPSA) is 74.8 Å². The number of benzene rings is 2. The lowest BCUT2D eigenvalue weighted by molar-refractivity contribution is -0.122. The smallest absolute Gasteiger partial charge is 0.245 e. The molecule has 0 aromatic heterocycles. The number of piperidine rings is 1. The second-order valence-electron chi connectivity index (χ2n) is 7.06. The first kappa shape index (κ1) is 21.1. The molecule has 1 amide bonds. The average molecular weight is 418 g/mol. The SMILES string of the molecule is CC(=O)c1ccc(S(=O)(=O)N2CCCCC2C(=O)N(C)c2ccccc2F)cc1. The molecule has 0 radical (unpaired) electrons. The molecular formula is C21H23FN2O4S. The Labute approximate surface area is 170 Å². The fourth-order valence-corrected chi connectivity index (χ4v) is 5.15. The van der Waals surface area contributed by atoms with E-state index < -0.39 is 27.8 Å². The maximum absolute atomic E-state index is 14.1. The normalized spacial score (nSPS) is 17.7. The van der Waals surface area contributed by atoms with Gasteiger partial charge in [0.2, 0.25) is 15.9 Å². The Hall–Kier alpha value is -2.58. The van der Waals surface area contributed by atoms with Crippen LogP contribution in [0, 0.1) is 5.82 Å². The third-order valence-electron chi connectivity index (χ3n) is 5.15. The summed E-state index contributed by atoms with van der Waals surface area (Å²) >= 11 is 0. The van der Waals surface area contributed by atoms with E-state index in [0.717, 1.165) is 0 Å². The van der Waals surface area contributed by atoms with Crippen LogP contribution in [0.25, 0.3) is 0 Å². The van der Waals surface area contributed by atoms with Gasteiger partial charge in [0.15, 0.2) is 5.78 Å². The minimum atomic E-state index is -3.94. The van der Waals surface area contributed by atoms with Crippen LogP contribution in [-0.2, 0) is 14.8 Å². The van der Waals surface area contributed by atoms with Crippen molar-refractivity contribution in [1.29, 1.82) is 0 Å². The molecule has 1 aliphatic heterocycles. The average Bonchev–Trinajstić information content (AvgIpc) is 2.73. The molecule has 1 aliphatic rings. The number of amides is 1. The second-order valence-corrected chi connectivity index (χ2v) is 8.95. The highest BCUT2D eigenvalue weighted by molar-refractivity contribution is 7.89. The molecular weight excluding hydrogens is 395 g/mol. The zero-order valence-corrected chi connectivity index (χ0v) is 17.2. The third-order valence-corrected chi connectivity index (χ3v) is 7.07. The van der Waals surface area contributed by atoms with Gasteiger partial charge < -0.3 is 4.90 Å². The van der Waals surface area contributed by atoms with E-state index in [1.165, 1.54) is 65.6 Å². The van der Waals surface area contributed by atoms with E-state index in [0.29, 0.717) is 24.8 Å². The van der Waals surface area contributed by atoms with Gasteiger partial charge in [-0.15, -0.1) is 0 Å². The molecule has 0 bridgehead atoms. The van der Waals surface area contributed by atoms with Crippen molar-refractivity contribution in [2.75, 3.05) is 18.5 Å². The summed E-state index contributed by atoms with van der Waals surface area (Å²) in [7, 11) is -2.50. The summed E-state index contributed by atoms with van der Waals surface area (Å²) in [6, 6.07) is 10.6. The van der Waals surface area contributed by atoms with Crippen LogP contribution in [0.5, 0.6) is 0 Å². The van der Waals surface area contributed by atoms with Crippen molar-refractivity contribution in [2.24, 2.45) is 0 Å². The zero-order valence-electron chi connectivity index (χ0n) is 16.3. The maximum atomic E-state index is 14.1. The second kappa shape index (κ2) is 8.42. The number of rotatable bonds is 5. The van der Waals surface area contributed by atoms with Crippen molar-refractivity contribution in [1.82, 2.24) is 4.31 Å². The van der Waals surface area contributed by atoms with Gasteiger partial charge in [0.1, 0.15) is 11.9 Å². The molecule has 1 heterocycles. The number of para-hydroxylation sites is 1. The molecule has 1 atom stereocenters. The highest BCUT2D eigenvalue weighted by Crippen LogP contribution is 2.28. The first-order valence-electron chi connectivity index (χ1n) is 9.38. The van der Waals surface area contributed by atoms with E-state index in [2.05, 4.69) is 0 Å². The molecule has 1 fully saturated rings. The van der Waals surface area contributed by atoms with E-state index in [4.69, 9.17) is 0 Å². The molecule has 29 heavy (non-hydrogen) atoms. The van der Waals surface area contributed by atoms with Crippen LogP contribution >= 0.6 is 0 Å². The zero-order chi connectivity index (χ0) is 21.2. The number of carbonyl (C=O) groups is 2. The number of hydrogen-bond donors (Lipinski definition) is 0. The molecule has 3 rings (SSSR count). The number of halogens is 1. The molecule has 1 unspecified atom stereocenters. The quantitative estimate of drug-likeness (QED) is 0.699. The van der Waals surface area contributed by atoms with Gasteiger partial charge in [0, 0.05) is 19.2 Å². The van der Waals surface area contributed by atoms with Gasteiger partial charge in [-0.2, -0.15) is 4.31 Å². The summed E-state index contributed by atoms with van der Waals surface area (Å²) in [5.41, 5.74) is 0.515. The number of sulfonamides is 1. The Balaban J connectivity index is 1.91. The molecule has 0 spiro atoms. The van der Waals surface area contributed by atoms with Crippen LogP contribution in [-0.4, -0.2) is 44.0 Å². The van der Waals surface area contributed by atoms with Crippen LogP contribution in [0.3, 0.4) is 0 Å². The molecule has 6 nitrogen and oxygen atoms in total.